The number of oxazole rings is 1. The lowest BCUT2D eigenvalue weighted by molar-refractivity contribution is 0.0598. The van der Waals surface area contributed by atoms with Crippen LogP contribution < -0.4 is 5.43 Å². The number of fused-ring (bicyclic) bond motifs is 1. The molecule has 2 heterocycles. The number of esters is 1. The summed E-state index contributed by atoms with van der Waals surface area (Å²) in [7, 11) is 1.23. The number of aromatic nitrogens is 1. The molecule has 0 amide bonds. The largest absolute Gasteiger partial charge is 0.465 e. The summed E-state index contributed by atoms with van der Waals surface area (Å²) in [6, 6.07) is 0. The summed E-state index contributed by atoms with van der Waals surface area (Å²) >= 11 is 3.11. The number of aryl methyl sites for hydroxylation is 1. The van der Waals surface area contributed by atoms with Gasteiger partial charge in [0.15, 0.2) is 0 Å². The first-order valence-electron chi connectivity index (χ1n) is 4.44. The summed E-state index contributed by atoms with van der Waals surface area (Å²) in [6.45, 7) is 1.75. The SMILES string of the molecule is COC(=O)c1cn2cc(C)oc2c(Br)c1=O. The first-order chi connectivity index (χ1) is 7.54. The lowest BCUT2D eigenvalue weighted by Gasteiger charge is -2.00. The minimum absolute atomic E-state index is 0.0346. The van der Waals surface area contributed by atoms with E-state index in [4.69, 9.17) is 4.42 Å². The molecule has 0 atom stereocenters. The van der Waals surface area contributed by atoms with Crippen LogP contribution in [0.1, 0.15) is 16.1 Å². The summed E-state index contributed by atoms with van der Waals surface area (Å²) in [5.41, 5.74) is -0.107. The van der Waals surface area contributed by atoms with Crippen molar-refractivity contribution in [3.63, 3.8) is 0 Å². The molecule has 0 aliphatic heterocycles. The van der Waals surface area contributed by atoms with Gasteiger partial charge < -0.3 is 9.15 Å². The first-order valence-corrected chi connectivity index (χ1v) is 5.23. The number of ether oxygens (including phenoxy) is 1. The number of pyridine rings is 1. The fourth-order valence-electron chi connectivity index (χ4n) is 1.41. The molecule has 2 rings (SSSR count). The monoisotopic (exact) mass is 285 g/mol. The molecular weight excluding hydrogens is 278 g/mol. The molecule has 0 radical (unpaired) electrons. The van der Waals surface area contributed by atoms with Gasteiger partial charge in [0.05, 0.1) is 13.3 Å². The van der Waals surface area contributed by atoms with Crippen LogP contribution in [0, 0.1) is 6.92 Å². The van der Waals surface area contributed by atoms with Crippen molar-refractivity contribution in [3.8, 4) is 0 Å². The Hall–Kier alpha value is -1.56. The Morgan fingerprint density at radius 2 is 2.19 bits per heavy atom. The molecule has 0 aromatic carbocycles. The van der Waals surface area contributed by atoms with E-state index in [1.54, 1.807) is 17.5 Å². The Morgan fingerprint density at radius 3 is 2.81 bits per heavy atom. The summed E-state index contributed by atoms with van der Waals surface area (Å²) < 4.78 is 11.6. The van der Waals surface area contributed by atoms with Gasteiger partial charge in [-0.25, -0.2) is 4.79 Å². The smallest absolute Gasteiger partial charge is 0.343 e. The Balaban J connectivity index is 2.83. The van der Waals surface area contributed by atoms with Crippen LogP contribution in [0.2, 0.25) is 0 Å². The normalized spacial score (nSPS) is 10.7. The fourth-order valence-corrected chi connectivity index (χ4v) is 1.91. The first kappa shape index (κ1) is 10.9. The second-order valence-electron chi connectivity index (χ2n) is 3.23. The predicted molar refractivity (Wildman–Crippen MR) is 59.7 cm³/mol. The molecule has 0 saturated heterocycles. The van der Waals surface area contributed by atoms with Crippen molar-refractivity contribution >= 4 is 27.6 Å². The average Bonchev–Trinajstić information content (AvgIpc) is 2.63. The van der Waals surface area contributed by atoms with Crippen molar-refractivity contribution in [3.05, 3.63) is 38.4 Å². The second kappa shape index (κ2) is 3.79. The van der Waals surface area contributed by atoms with Crippen molar-refractivity contribution in [1.29, 1.82) is 0 Å². The molecule has 2 aromatic rings. The van der Waals surface area contributed by atoms with E-state index in [9.17, 15) is 9.59 Å². The van der Waals surface area contributed by atoms with Crippen LogP contribution in [0.25, 0.3) is 5.71 Å². The predicted octanol–water partition coefficient (Wildman–Crippen LogP) is 1.75. The topological polar surface area (TPSA) is 60.9 Å². The van der Waals surface area contributed by atoms with Gasteiger partial charge in [-0.3, -0.25) is 9.20 Å². The quantitative estimate of drug-likeness (QED) is 0.749. The van der Waals surface area contributed by atoms with Crippen LogP contribution in [0.4, 0.5) is 0 Å². The zero-order valence-electron chi connectivity index (χ0n) is 8.61. The Bertz CT molecular complexity index is 626. The van der Waals surface area contributed by atoms with Crippen molar-refractivity contribution < 1.29 is 13.9 Å². The van der Waals surface area contributed by atoms with E-state index in [1.165, 1.54) is 13.3 Å². The third kappa shape index (κ3) is 1.55. The number of rotatable bonds is 1. The highest BCUT2D eigenvalue weighted by atomic mass is 79.9. The zero-order valence-corrected chi connectivity index (χ0v) is 10.2. The third-order valence-electron chi connectivity index (χ3n) is 2.12. The summed E-state index contributed by atoms with van der Waals surface area (Å²) in [5.74, 6) is -0.0268. The highest BCUT2D eigenvalue weighted by Gasteiger charge is 2.17. The number of hydrogen-bond acceptors (Lipinski definition) is 4. The lowest BCUT2D eigenvalue weighted by Crippen LogP contribution is -2.18. The molecule has 0 aliphatic rings. The molecule has 0 saturated carbocycles. The standard InChI is InChI=1S/C10H8BrNO4/c1-5-3-12-4-6(10(14)15-2)8(13)7(11)9(12)16-5/h3-4H,1-2H3. The van der Waals surface area contributed by atoms with E-state index in [-0.39, 0.29) is 10.0 Å². The molecule has 6 heteroatoms. The van der Waals surface area contributed by atoms with Crippen LogP contribution in [0.3, 0.4) is 0 Å². The van der Waals surface area contributed by atoms with Crippen LogP contribution in [0.15, 0.2) is 26.1 Å². The lowest BCUT2D eigenvalue weighted by atomic mass is 10.3. The number of halogens is 1. The zero-order chi connectivity index (χ0) is 11.9. The molecular formula is C10H8BrNO4. The van der Waals surface area contributed by atoms with Gasteiger partial charge in [0.25, 0.3) is 0 Å². The number of carbonyl (C=O) groups excluding carboxylic acids is 1. The van der Waals surface area contributed by atoms with Gasteiger partial charge in [-0.15, -0.1) is 0 Å². The molecule has 16 heavy (non-hydrogen) atoms. The van der Waals surface area contributed by atoms with Crippen LogP contribution in [-0.2, 0) is 4.74 Å². The van der Waals surface area contributed by atoms with Crippen LogP contribution >= 0.6 is 15.9 Å². The Kier molecular flexibility index (Phi) is 2.59. The van der Waals surface area contributed by atoms with E-state index >= 15 is 0 Å². The molecule has 5 nitrogen and oxygen atoms in total. The third-order valence-corrected chi connectivity index (χ3v) is 2.82. The Labute approximate surface area is 98.8 Å². The maximum atomic E-state index is 11.8. The van der Waals surface area contributed by atoms with Gasteiger partial charge in [0, 0.05) is 6.20 Å². The fraction of sp³-hybridized carbons (Fsp3) is 0.200. The molecule has 84 valence electrons. The number of nitrogens with zero attached hydrogens (tertiary/aromatic N) is 1. The second-order valence-corrected chi connectivity index (χ2v) is 4.02. The van der Waals surface area contributed by atoms with Gasteiger partial charge in [-0.05, 0) is 22.9 Å². The summed E-state index contributed by atoms with van der Waals surface area (Å²) in [6.07, 6.45) is 3.07. The van der Waals surface area contributed by atoms with Gasteiger partial charge in [-0.1, -0.05) is 0 Å². The Morgan fingerprint density at radius 1 is 1.50 bits per heavy atom. The molecule has 2 aromatic heterocycles. The van der Waals surface area contributed by atoms with E-state index < -0.39 is 11.4 Å². The molecule has 0 aliphatic carbocycles. The van der Waals surface area contributed by atoms with Crippen LogP contribution in [0.5, 0.6) is 0 Å². The van der Waals surface area contributed by atoms with Gasteiger partial charge in [0.1, 0.15) is 15.8 Å². The van der Waals surface area contributed by atoms with Gasteiger partial charge >= 0.3 is 5.97 Å². The molecule has 0 bridgehead atoms. The van der Waals surface area contributed by atoms with Crippen molar-refractivity contribution in [1.82, 2.24) is 4.40 Å². The van der Waals surface area contributed by atoms with Gasteiger partial charge in [-0.2, -0.15) is 0 Å². The molecule has 0 spiro atoms. The van der Waals surface area contributed by atoms with Crippen molar-refractivity contribution in [2.75, 3.05) is 7.11 Å². The molecule has 0 fully saturated rings. The van der Waals surface area contributed by atoms with E-state index in [0.29, 0.717) is 11.5 Å². The maximum Gasteiger partial charge on any atom is 0.343 e. The van der Waals surface area contributed by atoms with E-state index in [0.717, 1.165) is 0 Å². The minimum atomic E-state index is -0.668. The number of hydrogen-bond donors (Lipinski definition) is 0. The number of carbonyl (C=O) groups is 1. The summed E-state index contributed by atoms with van der Waals surface area (Å²) in [4.78, 5) is 23.1. The minimum Gasteiger partial charge on any atom is -0.465 e. The highest BCUT2D eigenvalue weighted by Crippen LogP contribution is 2.18. The number of methoxy groups -OCH3 is 1. The van der Waals surface area contributed by atoms with Gasteiger partial charge in [0.2, 0.25) is 11.1 Å². The summed E-state index contributed by atoms with van der Waals surface area (Å²) in [5, 5.41) is 0. The van der Waals surface area contributed by atoms with Crippen molar-refractivity contribution in [2.24, 2.45) is 0 Å². The maximum absolute atomic E-state index is 11.8. The molecule has 0 N–H and O–H groups in total. The average molecular weight is 286 g/mol. The van der Waals surface area contributed by atoms with E-state index in [2.05, 4.69) is 20.7 Å². The van der Waals surface area contributed by atoms with Crippen LogP contribution in [-0.4, -0.2) is 17.5 Å². The highest BCUT2D eigenvalue weighted by molar-refractivity contribution is 9.10. The van der Waals surface area contributed by atoms with Crippen molar-refractivity contribution in [2.45, 2.75) is 6.92 Å². The van der Waals surface area contributed by atoms with E-state index in [1.807, 2.05) is 0 Å². The molecule has 0 unspecified atom stereocenters.